The summed E-state index contributed by atoms with van der Waals surface area (Å²) >= 11 is 4.59. The molecule has 0 aliphatic rings. The first-order chi connectivity index (χ1) is 9.49. The van der Waals surface area contributed by atoms with Gasteiger partial charge in [-0.05, 0) is 40.5 Å². The van der Waals surface area contributed by atoms with Crippen molar-refractivity contribution in [2.24, 2.45) is 5.73 Å². The molecule has 0 heterocycles. The molecule has 0 saturated heterocycles. The zero-order valence-corrected chi connectivity index (χ0v) is 13.3. The van der Waals surface area contributed by atoms with Crippen LogP contribution in [0.3, 0.4) is 0 Å². The first-order valence-electron chi connectivity index (χ1n) is 6.00. The number of rotatable bonds is 4. The molecule has 104 valence electrons. The quantitative estimate of drug-likeness (QED) is 0.484. The van der Waals surface area contributed by atoms with Crippen LogP contribution in [0.25, 0.3) is 0 Å². The summed E-state index contributed by atoms with van der Waals surface area (Å²) in [5, 5.41) is 7.38. The average molecular weight is 353 g/mol. The van der Waals surface area contributed by atoms with Crippen LogP contribution in [0.5, 0.6) is 0 Å². The zero-order valence-electron chi connectivity index (χ0n) is 10.9. The number of aryl methyl sites for hydroxylation is 1. The third-order valence-corrected chi connectivity index (χ3v) is 4.69. The Morgan fingerprint density at radius 2 is 2.10 bits per heavy atom. The second kappa shape index (κ2) is 6.41. The maximum Gasteiger partial charge on any atom is 0.151 e. The number of halogens is 2. The molecule has 2 aromatic carbocycles. The third kappa shape index (κ3) is 3.41. The van der Waals surface area contributed by atoms with Gasteiger partial charge in [0.2, 0.25) is 0 Å². The SMILES string of the molecule is Cc1cccc(CSc2ccc(C(=N)N)c(Br)c2F)c1. The van der Waals surface area contributed by atoms with Crippen LogP contribution in [-0.4, -0.2) is 5.84 Å². The number of amidine groups is 1. The predicted molar refractivity (Wildman–Crippen MR) is 85.9 cm³/mol. The fraction of sp³-hybridized carbons (Fsp3) is 0.133. The van der Waals surface area contributed by atoms with E-state index in [1.54, 1.807) is 12.1 Å². The molecule has 0 spiro atoms. The minimum atomic E-state index is -0.365. The molecular formula is C15H14BrFN2S. The molecule has 20 heavy (non-hydrogen) atoms. The maximum absolute atomic E-state index is 14.2. The van der Waals surface area contributed by atoms with Crippen molar-refractivity contribution in [3.8, 4) is 0 Å². The molecule has 2 rings (SSSR count). The van der Waals surface area contributed by atoms with Crippen molar-refractivity contribution in [2.45, 2.75) is 17.6 Å². The van der Waals surface area contributed by atoms with Crippen LogP contribution >= 0.6 is 27.7 Å². The normalized spacial score (nSPS) is 10.6. The minimum Gasteiger partial charge on any atom is -0.384 e. The van der Waals surface area contributed by atoms with E-state index < -0.39 is 0 Å². The van der Waals surface area contributed by atoms with Crippen molar-refractivity contribution in [1.82, 2.24) is 0 Å². The molecule has 0 saturated carbocycles. The molecule has 0 aliphatic heterocycles. The van der Waals surface area contributed by atoms with Gasteiger partial charge < -0.3 is 5.73 Å². The van der Waals surface area contributed by atoms with Crippen LogP contribution < -0.4 is 5.73 Å². The second-order valence-electron chi connectivity index (χ2n) is 4.43. The number of hydrogen-bond acceptors (Lipinski definition) is 2. The van der Waals surface area contributed by atoms with E-state index in [-0.39, 0.29) is 16.1 Å². The van der Waals surface area contributed by atoms with E-state index in [9.17, 15) is 4.39 Å². The summed E-state index contributed by atoms with van der Waals surface area (Å²) in [6.07, 6.45) is 0. The molecule has 2 nitrogen and oxygen atoms in total. The van der Waals surface area contributed by atoms with Crippen molar-refractivity contribution >= 4 is 33.5 Å². The Bertz CT molecular complexity index is 658. The molecular weight excluding hydrogens is 339 g/mol. The van der Waals surface area contributed by atoms with E-state index >= 15 is 0 Å². The van der Waals surface area contributed by atoms with Crippen molar-refractivity contribution < 1.29 is 4.39 Å². The second-order valence-corrected chi connectivity index (χ2v) is 6.24. The highest BCUT2D eigenvalue weighted by atomic mass is 79.9. The average Bonchev–Trinajstić information content (AvgIpc) is 2.40. The Kier molecular flexibility index (Phi) is 4.83. The van der Waals surface area contributed by atoms with Gasteiger partial charge in [-0.3, -0.25) is 5.41 Å². The molecule has 0 bridgehead atoms. The van der Waals surface area contributed by atoms with E-state index in [0.29, 0.717) is 16.2 Å². The molecule has 5 heteroatoms. The van der Waals surface area contributed by atoms with Gasteiger partial charge in [-0.2, -0.15) is 0 Å². The van der Waals surface area contributed by atoms with Gasteiger partial charge in [0.25, 0.3) is 0 Å². The lowest BCUT2D eigenvalue weighted by atomic mass is 10.2. The highest BCUT2D eigenvalue weighted by molar-refractivity contribution is 9.10. The largest absolute Gasteiger partial charge is 0.384 e. The number of nitrogens with one attached hydrogen (secondary N) is 1. The van der Waals surface area contributed by atoms with Crippen LogP contribution in [-0.2, 0) is 5.75 Å². The molecule has 0 aliphatic carbocycles. The van der Waals surface area contributed by atoms with Gasteiger partial charge in [0.15, 0.2) is 5.82 Å². The highest BCUT2D eigenvalue weighted by Crippen LogP contribution is 2.31. The molecule has 0 unspecified atom stereocenters. The molecule has 0 radical (unpaired) electrons. The van der Waals surface area contributed by atoms with Crippen LogP contribution in [0.4, 0.5) is 4.39 Å². The lowest BCUT2D eigenvalue weighted by molar-refractivity contribution is 0.594. The smallest absolute Gasteiger partial charge is 0.151 e. The Labute approximate surface area is 130 Å². The van der Waals surface area contributed by atoms with Crippen molar-refractivity contribution in [3.63, 3.8) is 0 Å². The van der Waals surface area contributed by atoms with Crippen LogP contribution in [0.15, 0.2) is 45.8 Å². The minimum absolute atomic E-state index is 0.147. The summed E-state index contributed by atoms with van der Waals surface area (Å²) in [4.78, 5) is 0.545. The Hall–Kier alpha value is -1.33. The predicted octanol–water partition coefficient (Wildman–Crippen LogP) is 4.47. The molecule has 0 aromatic heterocycles. The zero-order chi connectivity index (χ0) is 14.7. The third-order valence-electron chi connectivity index (χ3n) is 2.81. The fourth-order valence-electron chi connectivity index (χ4n) is 1.81. The lowest BCUT2D eigenvalue weighted by Crippen LogP contribution is -2.12. The number of nitrogens with two attached hydrogens (primary N) is 1. The van der Waals surface area contributed by atoms with Gasteiger partial charge in [-0.1, -0.05) is 29.8 Å². The first-order valence-corrected chi connectivity index (χ1v) is 7.77. The maximum atomic E-state index is 14.2. The molecule has 2 aromatic rings. The number of thioether (sulfide) groups is 1. The fourth-order valence-corrected chi connectivity index (χ4v) is 3.40. The van der Waals surface area contributed by atoms with E-state index in [1.165, 1.54) is 17.3 Å². The number of benzene rings is 2. The lowest BCUT2D eigenvalue weighted by Gasteiger charge is -2.09. The number of hydrogen-bond donors (Lipinski definition) is 2. The summed E-state index contributed by atoms with van der Waals surface area (Å²) in [5.74, 6) is 0.186. The summed E-state index contributed by atoms with van der Waals surface area (Å²) < 4.78 is 14.4. The summed E-state index contributed by atoms with van der Waals surface area (Å²) in [7, 11) is 0. The van der Waals surface area contributed by atoms with Crippen LogP contribution in [0, 0.1) is 18.2 Å². The monoisotopic (exact) mass is 352 g/mol. The van der Waals surface area contributed by atoms with E-state index in [4.69, 9.17) is 11.1 Å². The van der Waals surface area contributed by atoms with Crippen molar-refractivity contribution in [3.05, 3.63) is 63.4 Å². The van der Waals surface area contributed by atoms with Gasteiger partial charge in [0.05, 0.1) is 4.47 Å². The van der Waals surface area contributed by atoms with Gasteiger partial charge >= 0.3 is 0 Å². The van der Waals surface area contributed by atoms with Gasteiger partial charge in [0.1, 0.15) is 5.84 Å². The summed E-state index contributed by atoms with van der Waals surface area (Å²) in [6, 6.07) is 11.5. The summed E-state index contributed by atoms with van der Waals surface area (Å²) in [5.41, 5.74) is 8.12. The highest BCUT2D eigenvalue weighted by Gasteiger charge is 2.13. The van der Waals surface area contributed by atoms with E-state index in [2.05, 4.69) is 22.0 Å². The molecule has 0 amide bonds. The van der Waals surface area contributed by atoms with Crippen molar-refractivity contribution in [2.75, 3.05) is 0 Å². The molecule has 0 fully saturated rings. The van der Waals surface area contributed by atoms with Crippen molar-refractivity contribution in [1.29, 1.82) is 5.41 Å². The standard InChI is InChI=1S/C15H14BrFN2S/c1-9-3-2-4-10(7-9)8-20-12-6-5-11(15(18)19)13(16)14(12)17/h2-7H,8H2,1H3,(H3,18,19). The molecule has 0 atom stereocenters. The summed E-state index contributed by atoms with van der Waals surface area (Å²) in [6.45, 7) is 2.03. The van der Waals surface area contributed by atoms with E-state index in [0.717, 1.165) is 5.56 Å². The van der Waals surface area contributed by atoms with Crippen LogP contribution in [0.1, 0.15) is 16.7 Å². The Morgan fingerprint density at radius 3 is 2.75 bits per heavy atom. The Balaban J connectivity index is 2.18. The topological polar surface area (TPSA) is 49.9 Å². The van der Waals surface area contributed by atoms with Gasteiger partial charge in [-0.25, -0.2) is 4.39 Å². The van der Waals surface area contributed by atoms with E-state index in [1.807, 2.05) is 25.1 Å². The number of nitrogen functional groups attached to an aromatic ring is 1. The Morgan fingerprint density at radius 1 is 1.35 bits per heavy atom. The first kappa shape index (κ1) is 15.1. The molecule has 3 N–H and O–H groups in total. The van der Waals surface area contributed by atoms with Gasteiger partial charge in [-0.15, -0.1) is 11.8 Å². The van der Waals surface area contributed by atoms with Crippen LogP contribution in [0.2, 0.25) is 0 Å². The van der Waals surface area contributed by atoms with Gasteiger partial charge in [0, 0.05) is 16.2 Å².